The number of fused-ring (bicyclic) bond motifs is 2. The number of carboxylic acids is 1. The molecule has 0 unspecified atom stereocenters. The Labute approximate surface area is 115 Å². The van der Waals surface area contributed by atoms with Crippen molar-refractivity contribution in [3.8, 4) is 11.5 Å². The Kier molecular flexibility index (Phi) is 3.39. The number of hydrogen-bond acceptors (Lipinski definition) is 2. The van der Waals surface area contributed by atoms with Crippen molar-refractivity contribution >= 4 is 23.0 Å². The summed E-state index contributed by atoms with van der Waals surface area (Å²) in [5.74, 6) is -0.249. The highest BCUT2D eigenvalue weighted by atomic mass is 79.9. The molecule has 0 fully saturated rings. The highest BCUT2D eigenvalue weighted by molar-refractivity contribution is 8.93. The Morgan fingerprint density at radius 2 is 1.39 bits per heavy atom. The molecule has 0 saturated heterocycles. The second-order valence-corrected chi connectivity index (χ2v) is 3.95. The zero-order valence-electron chi connectivity index (χ0n) is 9.37. The van der Waals surface area contributed by atoms with Crippen LogP contribution in [0.2, 0.25) is 0 Å². The molecule has 1 aliphatic rings. The summed E-state index contributed by atoms with van der Waals surface area (Å²) in [5, 5.41) is 9.38. The first-order valence-electron chi connectivity index (χ1n) is 5.36. The topological polar surface area (TPSA) is 46.5 Å². The van der Waals surface area contributed by atoms with Gasteiger partial charge < -0.3 is 9.84 Å². The minimum Gasteiger partial charge on any atom is -0.481 e. The SMILES string of the molecule is Br.O=C(O)C1c2ccccc2Oc2ccccc21. The van der Waals surface area contributed by atoms with Gasteiger partial charge in [-0.1, -0.05) is 36.4 Å². The van der Waals surface area contributed by atoms with E-state index in [1.165, 1.54) is 0 Å². The van der Waals surface area contributed by atoms with Crippen molar-refractivity contribution in [2.75, 3.05) is 0 Å². The van der Waals surface area contributed by atoms with Gasteiger partial charge in [-0.05, 0) is 12.1 Å². The number of carbonyl (C=O) groups is 1. The number of aliphatic carboxylic acids is 1. The van der Waals surface area contributed by atoms with Crippen molar-refractivity contribution in [1.29, 1.82) is 0 Å². The van der Waals surface area contributed by atoms with Crippen LogP contribution >= 0.6 is 17.0 Å². The van der Waals surface area contributed by atoms with Crippen LogP contribution in [0.1, 0.15) is 17.0 Å². The average Bonchev–Trinajstić information content (AvgIpc) is 2.35. The molecule has 4 heteroatoms. The molecular weight excluding hydrogens is 296 g/mol. The van der Waals surface area contributed by atoms with Crippen molar-refractivity contribution in [2.24, 2.45) is 0 Å². The quantitative estimate of drug-likeness (QED) is 0.876. The number of ether oxygens (including phenoxy) is 1. The minimum atomic E-state index is -0.854. The summed E-state index contributed by atoms with van der Waals surface area (Å²) in [6.45, 7) is 0. The molecule has 3 rings (SSSR count). The number of benzene rings is 2. The lowest BCUT2D eigenvalue weighted by molar-refractivity contribution is -0.137. The summed E-state index contributed by atoms with van der Waals surface area (Å²) >= 11 is 0. The molecule has 0 bridgehead atoms. The van der Waals surface area contributed by atoms with Crippen molar-refractivity contribution in [3.05, 3.63) is 59.7 Å². The Morgan fingerprint density at radius 1 is 0.944 bits per heavy atom. The molecule has 1 aliphatic heterocycles. The van der Waals surface area contributed by atoms with Crippen LogP contribution in [0, 0.1) is 0 Å². The van der Waals surface area contributed by atoms with Gasteiger partial charge in [-0.25, -0.2) is 0 Å². The minimum absolute atomic E-state index is 0. The molecular formula is C14H11BrO3. The Hall–Kier alpha value is -1.81. The van der Waals surface area contributed by atoms with Crippen molar-refractivity contribution in [2.45, 2.75) is 5.92 Å². The highest BCUT2D eigenvalue weighted by Gasteiger charge is 2.31. The second-order valence-electron chi connectivity index (χ2n) is 3.95. The van der Waals surface area contributed by atoms with E-state index in [-0.39, 0.29) is 17.0 Å². The standard InChI is InChI=1S/C14H10O3.BrH/c15-14(16)13-9-5-1-3-7-11(9)17-12-8-4-2-6-10(12)13;/h1-8,13H,(H,15,16);1H. The Bertz CT molecular complexity index is 550. The van der Waals surface area contributed by atoms with E-state index in [9.17, 15) is 9.90 Å². The molecule has 0 atom stereocenters. The Morgan fingerprint density at radius 3 is 1.83 bits per heavy atom. The summed E-state index contributed by atoms with van der Waals surface area (Å²) in [6.07, 6.45) is 0. The molecule has 2 aromatic rings. The van der Waals surface area contributed by atoms with E-state index in [1.807, 2.05) is 24.3 Å². The molecule has 0 spiro atoms. The monoisotopic (exact) mass is 306 g/mol. The van der Waals surface area contributed by atoms with Gasteiger partial charge in [-0.3, -0.25) is 4.79 Å². The molecule has 0 radical (unpaired) electrons. The number of rotatable bonds is 1. The smallest absolute Gasteiger partial charge is 0.315 e. The van der Waals surface area contributed by atoms with E-state index in [2.05, 4.69) is 0 Å². The van der Waals surface area contributed by atoms with Crippen LogP contribution in [-0.2, 0) is 4.79 Å². The fraction of sp³-hybridized carbons (Fsp3) is 0.0714. The maximum Gasteiger partial charge on any atom is 0.315 e. The van der Waals surface area contributed by atoms with E-state index in [4.69, 9.17) is 4.74 Å². The average molecular weight is 307 g/mol. The lowest BCUT2D eigenvalue weighted by Gasteiger charge is -2.25. The van der Waals surface area contributed by atoms with Gasteiger partial charge in [-0.2, -0.15) is 0 Å². The summed E-state index contributed by atoms with van der Waals surface area (Å²) in [5.41, 5.74) is 1.41. The van der Waals surface area contributed by atoms with Gasteiger partial charge in [0, 0.05) is 11.1 Å². The first-order valence-corrected chi connectivity index (χ1v) is 5.36. The number of hydrogen-bond donors (Lipinski definition) is 1. The van der Waals surface area contributed by atoms with Gasteiger partial charge in [0.2, 0.25) is 0 Å². The molecule has 0 aromatic heterocycles. The van der Waals surface area contributed by atoms with Gasteiger partial charge in [0.25, 0.3) is 0 Å². The van der Waals surface area contributed by atoms with Crippen LogP contribution in [0.4, 0.5) is 0 Å². The van der Waals surface area contributed by atoms with Crippen LogP contribution in [0.15, 0.2) is 48.5 Å². The maximum atomic E-state index is 11.4. The molecule has 0 amide bonds. The Balaban J connectivity index is 0.00000120. The van der Waals surface area contributed by atoms with Gasteiger partial charge in [0.05, 0.1) is 0 Å². The van der Waals surface area contributed by atoms with Crippen molar-refractivity contribution in [1.82, 2.24) is 0 Å². The molecule has 0 aliphatic carbocycles. The first kappa shape index (κ1) is 12.6. The van der Waals surface area contributed by atoms with Crippen LogP contribution in [0.5, 0.6) is 11.5 Å². The van der Waals surface area contributed by atoms with Gasteiger partial charge in [-0.15, -0.1) is 17.0 Å². The normalized spacial score (nSPS) is 12.7. The van der Waals surface area contributed by atoms with Gasteiger partial charge in [0.15, 0.2) is 0 Å². The number of carboxylic acid groups (broad SMARTS) is 1. The number of halogens is 1. The van der Waals surface area contributed by atoms with Crippen LogP contribution in [0.25, 0.3) is 0 Å². The highest BCUT2D eigenvalue weighted by Crippen LogP contribution is 2.43. The van der Waals surface area contributed by atoms with Crippen molar-refractivity contribution < 1.29 is 14.6 Å². The molecule has 92 valence electrons. The van der Waals surface area contributed by atoms with E-state index >= 15 is 0 Å². The van der Waals surface area contributed by atoms with E-state index < -0.39 is 11.9 Å². The zero-order valence-corrected chi connectivity index (χ0v) is 11.1. The predicted octanol–water partition coefficient (Wildman–Crippen LogP) is 3.59. The molecule has 18 heavy (non-hydrogen) atoms. The third kappa shape index (κ3) is 1.88. The third-order valence-corrected chi connectivity index (χ3v) is 2.93. The maximum absolute atomic E-state index is 11.4. The molecule has 1 heterocycles. The zero-order chi connectivity index (χ0) is 11.8. The summed E-state index contributed by atoms with van der Waals surface area (Å²) in [4.78, 5) is 11.4. The molecule has 3 nitrogen and oxygen atoms in total. The van der Waals surface area contributed by atoms with Gasteiger partial charge in [0.1, 0.15) is 17.4 Å². The van der Waals surface area contributed by atoms with E-state index in [0.717, 1.165) is 0 Å². The summed E-state index contributed by atoms with van der Waals surface area (Å²) in [6, 6.07) is 14.5. The fourth-order valence-corrected chi connectivity index (χ4v) is 2.18. The van der Waals surface area contributed by atoms with E-state index in [1.54, 1.807) is 24.3 Å². The summed E-state index contributed by atoms with van der Waals surface area (Å²) < 4.78 is 5.69. The molecule has 0 saturated carbocycles. The predicted molar refractivity (Wildman–Crippen MR) is 72.8 cm³/mol. The fourth-order valence-electron chi connectivity index (χ4n) is 2.18. The lowest BCUT2D eigenvalue weighted by atomic mass is 9.88. The number of para-hydroxylation sites is 2. The van der Waals surface area contributed by atoms with Crippen LogP contribution < -0.4 is 4.74 Å². The molecule has 1 N–H and O–H groups in total. The van der Waals surface area contributed by atoms with Gasteiger partial charge >= 0.3 is 5.97 Å². The van der Waals surface area contributed by atoms with E-state index in [0.29, 0.717) is 22.6 Å². The summed E-state index contributed by atoms with van der Waals surface area (Å²) in [7, 11) is 0. The second kappa shape index (κ2) is 4.82. The lowest BCUT2D eigenvalue weighted by Crippen LogP contribution is -2.18. The van der Waals surface area contributed by atoms with Crippen molar-refractivity contribution in [3.63, 3.8) is 0 Å². The third-order valence-electron chi connectivity index (χ3n) is 2.93. The largest absolute Gasteiger partial charge is 0.481 e. The van der Waals surface area contributed by atoms with Crippen LogP contribution in [0.3, 0.4) is 0 Å². The van der Waals surface area contributed by atoms with Crippen LogP contribution in [-0.4, -0.2) is 11.1 Å². The first-order chi connectivity index (χ1) is 8.27. The molecule has 2 aromatic carbocycles.